The van der Waals surface area contributed by atoms with E-state index >= 15 is 0 Å². The van der Waals surface area contributed by atoms with E-state index in [2.05, 4.69) is 27.1 Å². The van der Waals surface area contributed by atoms with Gasteiger partial charge in [0.15, 0.2) is 5.82 Å². The molecule has 0 unspecified atom stereocenters. The van der Waals surface area contributed by atoms with Crippen molar-refractivity contribution >= 4 is 23.3 Å². The Kier molecular flexibility index (Phi) is 6.84. The molecule has 2 N–H and O–H groups in total. The number of aliphatic imine (C=N–C) groups is 1. The number of aromatic nitrogens is 4. The van der Waals surface area contributed by atoms with Crippen molar-refractivity contribution in [1.82, 2.24) is 19.9 Å². The van der Waals surface area contributed by atoms with Crippen LogP contribution in [0.25, 0.3) is 11.3 Å². The zero-order valence-corrected chi connectivity index (χ0v) is 17.7. The lowest BCUT2D eigenvalue weighted by molar-refractivity contribution is 0.152. The van der Waals surface area contributed by atoms with Crippen molar-refractivity contribution in [3.8, 4) is 11.3 Å². The van der Waals surface area contributed by atoms with Crippen molar-refractivity contribution in [3.63, 3.8) is 0 Å². The van der Waals surface area contributed by atoms with Gasteiger partial charge in [0, 0.05) is 31.5 Å². The molecule has 1 saturated heterocycles. The maximum atomic E-state index is 9.81. The van der Waals surface area contributed by atoms with Gasteiger partial charge in [0.2, 0.25) is 5.95 Å². The van der Waals surface area contributed by atoms with Crippen molar-refractivity contribution in [2.45, 2.75) is 64.4 Å². The number of anilines is 2. The molecule has 0 amide bonds. The number of nitrogens with zero attached hydrogens (tertiary/aromatic N) is 6. The molecule has 30 heavy (non-hydrogen) atoms. The molecule has 2 aromatic rings. The molecule has 0 atom stereocenters. The highest BCUT2D eigenvalue weighted by Crippen LogP contribution is 2.30. The molecule has 2 aromatic heterocycles. The number of hydrogen-bond acceptors (Lipinski definition) is 8. The minimum atomic E-state index is -0.219. The smallest absolute Gasteiger partial charge is 0.224 e. The van der Waals surface area contributed by atoms with Crippen LogP contribution in [-0.2, 0) is 0 Å². The molecule has 0 aromatic carbocycles. The fraction of sp³-hybridized carbons (Fsp3) is 0.591. The summed E-state index contributed by atoms with van der Waals surface area (Å²) in [5.41, 5.74) is 2.61. The summed E-state index contributed by atoms with van der Waals surface area (Å²) < 4.78 is 0. The molecule has 0 bridgehead atoms. The summed E-state index contributed by atoms with van der Waals surface area (Å²) in [4.78, 5) is 25.6. The van der Waals surface area contributed by atoms with Crippen molar-refractivity contribution in [2.75, 3.05) is 29.9 Å². The van der Waals surface area contributed by atoms with E-state index in [0.29, 0.717) is 11.8 Å². The largest absolute Gasteiger partial charge is 0.393 e. The van der Waals surface area contributed by atoms with E-state index in [1.807, 2.05) is 6.20 Å². The maximum absolute atomic E-state index is 9.81. The summed E-state index contributed by atoms with van der Waals surface area (Å²) in [5, 5.41) is 13.1. The monoisotopic (exact) mass is 409 g/mol. The molecule has 1 aliphatic heterocycles. The van der Waals surface area contributed by atoms with Crippen LogP contribution in [0.1, 0.15) is 58.3 Å². The number of unbranched alkanes of at least 4 members (excludes halogenated alkanes) is 1. The average Bonchev–Trinajstić information content (AvgIpc) is 3.31. The highest BCUT2D eigenvalue weighted by molar-refractivity contribution is 5.89. The Hall–Kier alpha value is -2.61. The summed E-state index contributed by atoms with van der Waals surface area (Å²) in [6.45, 7) is 5.04. The molecule has 3 heterocycles. The van der Waals surface area contributed by atoms with Gasteiger partial charge in [0.05, 0.1) is 29.8 Å². The molecule has 8 heteroatoms. The van der Waals surface area contributed by atoms with Crippen LogP contribution >= 0.6 is 0 Å². The van der Waals surface area contributed by atoms with Crippen LogP contribution < -0.4 is 10.2 Å². The van der Waals surface area contributed by atoms with Gasteiger partial charge in [-0.25, -0.2) is 15.0 Å². The van der Waals surface area contributed by atoms with Gasteiger partial charge in [0.25, 0.3) is 0 Å². The lowest BCUT2D eigenvalue weighted by Crippen LogP contribution is -2.19. The number of nitrogens with one attached hydrogen (secondary N) is 1. The van der Waals surface area contributed by atoms with Crippen molar-refractivity contribution in [3.05, 3.63) is 18.6 Å². The highest BCUT2D eigenvalue weighted by atomic mass is 16.3. The van der Waals surface area contributed by atoms with Gasteiger partial charge in [-0.2, -0.15) is 4.98 Å². The highest BCUT2D eigenvalue weighted by Gasteiger charge is 2.19. The predicted molar refractivity (Wildman–Crippen MR) is 119 cm³/mol. The second kappa shape index (κ2) is 9.93. The Morgan fingerprint density at radius 3 is 2.70 bits per heavy atom. The molecule has 4 rings (SSSR count). The van der Waals surface area contributed by atoms with Crippen LogP contribution in [-0.4, -0.2) is 56.5 Å². The zero-order chi connectivity index (χ0) is 20.8. The van der Waals surface area contributed by atoms with Crippen LogP contribution in [0.4, 0.5) is 17.6 Å². The SMILES string of the molecule is CCCCNc1ncc(-c2cncc(N3CCCC3)n2)c(N=C2CCC(O)CC2)n1. The van der Waals surface area contributed by atoms with Gasteiger partial charge in [-0.05, 0) is 44.9 Å². The van der Waals surface area contributed by atoms with Crippen LogP contribution in [0.2, 0.25) is 0 Å². The third-order valence-corrected chi connectivity index (χ3v) is 5.71. The summed E-state index contributed by atoms with van der Waals surface area (Å²) >= 11 is 0. The quantitative estimate of drug-likeness (QED) is 0.672. The van der Waals surface area contributed by atoms with Gasteiger partial charge < -0.3 is 15.3 Å². The Morgan fingerprint density at radius 2 is 1.93 bits per heavy atom. The molecule has 2 aliphatic rings. The Labute approximate surface area is 177 Å². The van der Waals surface area contributed by atoms with Gasteiger partial charge in [-0.1, -0.05) is 13.3 Å². The summed E-state index contributed by atoms with van der Waals surface area (Å²) in [7, 11) is 0. The second-order valence-corrected chi connectivity index (χ2v) is 8.08. The Morgan fingerprint density at radius 1 is 1.13 bits per heavy atom. The first-order chi connectivity index (χ1) is 14.7. The fourth-order valence-corrected chi connectivity index (χ4v) is 3.88. The van der Waals surface area contributed by atoms with Crippen molar-refractivity contribution in [2.24, 2.45) is 4.99 Å². The summed E-state index contributed by atoms with van der Waals surface area (Å²) in [6.07, 6.45) is 12.8. The van der Waals surface area contributed by atoms with E-state index in [1.54, 1.807) is 12.4 Å². The van der Waals surface area contributed by atoms with Crippen molar-refractivity contribution in [1.29, 1.82) is 0 Å². The van der Waals surface area contributed by atoms with E-state index < -0.39 is 0 Å². The molecule has 0 spiro atoms. The maximum Gasteiger partial charge on any atom is 0.224 e. The number of rotatable bonds is 7. The van der Waals surface area contributed by atoms with E-state index in [-0.39, 0.29) is 6.10 Å². The minimum absolute atomic E-state index is 0.219. The van der Waals surface area contributed by atoms with Crippen LogP contribution in [0.15, 0.2) is 23.6 Å². The normalized spacial score (nSPS) is 19.2. The first kappa shape index (κ1) is 20.7. The lowest BCUT2D eigenvalue weighted by Gasteiger charge is -2.19. The molecule has 2 fully saturated rings. The lowest BCUT2D eigenvalue weighted by atomic mass is 9.96. The topological polar surface area (TPSA) is 99.4 Å². The van der Waals surface area contributed by atoms with E-state index in [4.69, 9.17) is 15.0 Å². The first-order valence-corrected chi connectivity index (χ1v) is 11.2. The van der Waals surface area contributed by atoms with E-state index in [9.17, 15) is 5.11 Å². The third-order valence-electron chi connectivity index (χ3n) is 5.71. The van der Waals surface area contributed by atoms with E-state index in [0.717, 1.165) is 80.9 Å². The van der Waals surface area contributed by atoms with Gasteiger partial charge in [-0.15, -0.1) is 0 Å². The number of aliphatic hydroxyl groups excluding tert-OH is 1. The zero-order valence-electron chi connectivity index (χ0n) is 17.7. The molecular formula is C22H31N7O. The van der Waals surface area contributed by atoms with Gasteiger partial charge >= 0.3 is 0 Å². The standard InChI is InChI=1S/C22H31N7O/c1-2-3-10-24-22-25-13-18(21(28-22)26-16-6-8-17(30)9-7-16)19-14-23-15-20(27-19)29-11-4-5-12-29/h13-15,17,30H,2-12H2,1H3,(H,24,25,28). The molecular weight excluding hydrogens is 378 g/mol. The van der Waals surface area contributed by atoms with Gasteiger partial charge in [0.1, 0.15) is 5.82 Å². The van der Waals surface area contributed by atoms with Crippen LogP contribution in [0.3, 0.4) is 0 Å². The minimum Gasteiger partial charge on any atom is -0.393 e. The average molecular weight is 410 g/mol. The second-order valence-electron chi connectivity index (χ2n) is 8.08. The number of aliphatic hydroxyl groups is 1. The predicted octanol–water partition coefficient (Wildman–Crippen LogP) is 3.75. The molecule has 160 valence electrons. The molecule has 0 radical (unpaired) electrons. The van der Waals surface area contributed by atoms with Crippen molar-refractivity contribution < 1.29 is 5.11 Å². The summed E-state index contributed by atoms with van der Waals surface area (Å²) in [6, 6.07) is 0. The van der Waals surface area contributed by atoms with Crippen LogP contribution in [0, 0.1) is 0 Å². The molecule has 1 aliphatic carbocycles. The Balaban J connectivity index is 1.65. The third kappa shape index (κ3) is 5.11. The van der Waals surface area contributed by atoms with Crippen LogP contribution in [0.5, 0.6) is 0 Å². The van der Waals surface area contributed by atoms with E-state index in [1.165, 1.54) is 12.8 Å². The first-order valence-electron chi connectivity index (χ1n) is 11.2. The molecule has 8 nitrogen and oxygen atoms in total. The number of hydrogen-bond donors (Lipinski definition) is 2. The fourth-order valence-electron chi connectivity index (χ4n) is 3.88. The summed E-state index contributed by atoms with van der Waals surface area (Å²) in [5.74, 6) is 2.11. The molecule has 1 saturated carbocycles. The van der Waals surface area contributed by atoms with Gasteiger partial charge in [-0.3, -0.25) is 4.98 Å². The Bertz CT molecular complexity index is 870.